The molecule has 126 valence electrons. The first-order chi connectivity index (χ1) is 11.2. The number of ether oxygens (including phenoxy) is 1. The van der Waals surface area contributed by atoms with E-state index in [1.54, 1.807) is 7.11 Å². The van der Waals surface area contributed by atoms with Crippen LogP contribution in [0.15, 0.2) is 24.3 Å². The summed E-state index contributed by atoms with van der Waals surface area (Å²) in [5, 5.41) is 13.1. The van der Waals surface area contributed by atoms with E-state index in [9.17, 15) is 9.90 Å². The van der Waals surface area contributed by atoms with Crippen LogP contribution < -0.4 is 10.1 Å². The van der Waals surface area contributed by atoms with Crippen molar-refractivity contribution in [2.45, 2.75) is 56.5 Å². The summed E-state index contributed by atoms with van der Waals surface area (Å²) < 4.78 is 5.33. The van der Waals surface area contributed by atoms with Gasteiger partial charge in [0.15, 0.2) is 0 Å². The van der Waals surface area contributed by atoms with Crippen molar-refractivity contribution in [3.63, 3.8) is 0 Å². The van der Waals surface area contributed by atoms with Gasteiger partial charge in [-0.3, -0.25) is 4.79 Å². The monoisotopic (exact) mass is 317 g/mol. The molecule has 23 heavy (non-hydrogen) atoms. The molecule has 0 saturated heterocycles. The van der Waals surface area contributed by atoms with Crippen molar-refractivity contribution in [3.8, 4) is 5.75 Å². The van der Waals surface area contributed by atoms with Gasteiger partial charge in [0.2, 0.25) is 5.91 Å². The molecule has 1 aromatic rings. The van der Waals surface area contributed by atoms with Gasteiger partial charge >= 0.3 is 0 Å². The van der Waals surface area contributed by atoms with Crippen LogP contribution in [0.2, 0.25) is 0 Å². The zero-order valence-electron chi connectivity index (χ0n) is 13.9. The van der Waals surface area contributed by atoms with Crippen LogP contribution >= 0.6 is 0 Å². The summed E-state index contributed by atoms with van der Waals surface area (Å²) in [6.45, 7) is 0.589. The van der Waals surface area contributed by atoms with Crippen molar-refractivity contribution in [2.75, 3.05) is 13.7 Å². The highest BCUT2D eigenvalue weighted by Crippen LogP contribution is 2.42. The Balaban J connectivity index is 1.75. The second kappa shape index (κ2) is 6.91. The lowest BCUT2D eigenvalue weighted by Gasteiger charge is -2.29. The molecule has 0 aromatic heterocycles. The van der Waals surface area contributed by atoms with E-state index in [2.05, 4.69) is 5.32 Å². The molecule has 2 unspecified atom stereocenters. The number of rotatable bonds is 5. The molecule has 1 amide bonds. The van der Waals surface area contributed by atoms with Crippen LogP contribution in [0.5, 0.6) is 5.75 Å². The zero-order valence-corrected chi connectivity index (χ0v) is 13.9. The largest absolute Gasteiger partial charge is 0.497 e. The normalized spacial score (nSPS) is 26.2. The summed E-state index contributed by atoms with van der Waals surface area (Å²) in [5.74, 6) is 1.12. The molecular weight excluding hydrogens is 290 g/mol. The summed E-state index contributed by atoms with van der Waals surface area (Å²) in [7, 11) is 1.65. The van der Waals surface area contributed by atoms with E-state index in [0.717, 1.165) is 56.3 Å². The third kappa shape index (κ3) is 3.23. The van der Waals surface area contributed by atoms with Crippen LogP contribution in [0.1, 0.15) is 50.5 Å². The Kier molecular flexibility index (Phi) is 4.90. The lowest BCUT2D eigenvalue weighted by Crippen LogP contribution is -2.45. The second-order valence-electron chi connectivity index (χ2n) is 6.99. The van der Waals surface area contributed by atoms with Gasteiger partial charge < -0.3 is 15.2 Å². The summed E-state index contributed by atoms with van der Waals surface area (Å²) in [4.78, 5) is 13.0. The number of carbonyl (C=O) groups is 1. The van der Waals surface area contributed by atoms with Crippen LogP contribution in [0.4, 0.5) is 0 Å². The van der Waals surface area contributed by atoms with Gasteiger partial charge in [-0.05, 0) is 43.4 Å². The van der Waals surface area contributed by atoms with Gasteiger partial charge in [0, 0.05) is 12.5 Å². The highest BCUT2D eigenvalue weighted by Gasteiger charge is 2.43. The fraction of sp³-hybridized carbons (Fsp3) is 0.632. The molecule has 2 aliphatic carbocycles. The maximum atomic E-state index is 13.0. The Morgan fingerprint density at radius 3 is 2.74 bits per heavy atom. The van der Waals surface area contributed by atoms with E-state index in [-0.39, 0.29) is 17.9 Å². The first-order valence-electron chi connectivity index (χ1n) is 8.76. The number of hydrogen-bond acceptors (Lipinski definition) is 3. The highest BCUT2D eigenvalue weighted by atomic mass is 16.5. The number of amides is 1. The lowest BCUT2D eigenvalue weighted by molar-refractivity contribution is -0.127. The van der Waals surface area contributed by atoms with Crippen molar-refractivity contribution < 1.29 is 14.6 Å². The van der Waals surface area contributed by atoms with Crippen LogP contribution in [0, 0.1) is 5.92 Å². The lowest BCUT2D eigenvalue weighted by atomic mass is 9.77. The van der Waals surface area contributed by atoms with Gasteiger partial charge in [-0.2, -0.15) is 0 Å². The molecular formula is C19H27NO3. The van der Waals surface area contributed by atoms with Crippen LogP contribution in [-0.2, 0) is 10.2 Å². The molecule has 2 fully saturated rings. The number of carbonyl (C=O) groups excluding carboxylic acids is 1. The minimum Gasteiger partial charge on any atom is -0.497 e. The van der Waals surface area contributed by atoms with Gasteiger partial charge in [0.25, 0.3) is 0 Å². The van der Waals surface area contributed by atoms with Crippen LogP contribution in [0.25, 0.3) is 0 Å². The molecule has 0 bridgehead atoms. The van der Waals surface area contributed by atoms with Crippen molar-refractivity contribution in [2.24, 2.45) is 5.92 Å². The first kappa shape index (κ1) is 16.3. The predicted molar refractivity (Wildman–Crippen MR) is 89.5 cm³/mol. The van der Waals surface area contributed by atoms with E-state index in [4.69, 9.17) is 4.74 Å². The van der Waals surface area contributed by atoms with Gasteiger partial charge in [-0.25, -0.2) is 0 Å². The maximum absolute atomic E-state index is 13.0. The van der Waals surface area contributed by atoms with Crippen molar-refractivity contribution >= 4 is 5.91 Å². The van der Waals surface area contributed by atoms with Crippen molar-refractivity contribution in [3.05, 3.63) is 29.8 Å². The average molecular weight is 317 g/mol. The zero-order chi connectivity index (χ0) is 16.3. The van der Waals surface area contributed by atoms with E-state index in [1.807, 2.05) is 24.3 Å². The minimum atomic E-state index is -0.432. The molecule has 2 atom stereocenters. The standard InChI is InChI=1S/C19H27NO3/c1-23-16-8-5-7-15(12-16)19(10-2-3-11-19)18(22)20-13-14-6-4-9-17(14)21/h5,7-8,12,14,17,21H,2-4,6,9-11,13H2,1H3,(H,20,22). The molecule has 1 aromatic carbocycles. The van der Waals surface area contributed by atoms with E-state index < -0.39 is 5.41 Å². The highest BCUT2D eigenvalue weighted by molar-refractivity contribution is 5.88. The van der Waals surface area contributed by atoms with E-state index >= 15 is 0 Å². The number of aliphatic hydroxyl groups is 1. The van der Waals surface area contributed by atoms with Gasteiger partial charge in [-0.15, -0.1) is 0 Å². The number of nitrogens with one attached hydrogen (secondary N) is 1. The molecule has 3 rings (SSSR count). The second-order valence-corrected chi connectivity index (χ2v) is 6.99. The number of benzene rings is 1. The molecule has 4 nitrogen and oxygen atoms in total. The third-order valence-corrected chi connectivity index (χ3v) is 5.66. The quantitative estimate of drug-likeness (QED) is 0.878. The number of aliphatic hydroxyl groups excluding tert-OH is 1. The Bertz CT molecular complexity index is 551. The predicted octanol–water partition coefficient (Wildman–Crippen LogP) is 2.78. The molecule has 0 radical (unpaired) electrons. The van der Waals surface area contributed by atoms with E-state index in [0.29, 0.717) is 6.54 Å². The Morgan fingerprint density at radius 1 is 1.30 bits per heavy atom. The average Bonchev–Trinajstić information content (AvgIpc) is 3.22. The topological polar surface area (TPSA) is 58.6 Å². The first-order valence-corrected chi connectivity index (χ1v) is 8.76. The molecule has 0 spiro atoms. The number of hydrogen-bond donors (Lipinski definition) is 2. The Labute approximate surface area is 138 Å². The minimum absolute atomic E-state index is 0.113. The van der Waals surface area contributed by atoms with Gasteiger partial charge in [0.05, 0.1) is 18.6 Å². The van der Waals surface area contributed by atoms with Crippen molar-refractivity contribution in [1.29, 1.82) is 0 Å². The summed E-state index contributed by atoms with van der Waals surface area (Å²) in [6, 6.07) is 7.91. The SMILES string of the molecule is COc1cccc(C2(C(=O)NCC3CCCC3O)CCCC2)c1. The number of methoxy groups -OCH3 is 1. The molecule has 2 aliphatic rings. The fourth-order valence-corrected chi connectivity index (χ4v) is 4.19. The van der Waals surface area contributed by atoms with Gasteiger partial charge in [-0.1, -0.05) is 31.4 Å². The summed E-state index contributed by atoms with van der Waals surface area (Å²) >= 11 is 0. The molecule has 0 heterocycles. The Hall–Kier alpha value is -1.55. The van der Waals surface area contributed by atoms with Crippen molar-refractivity contribution in [1.82, 2.24) is 5.32 Å². The third-order valence-electron chi connectivity index (χ3n) is 5.66. The molecule has 0 aliphatic heterocycles. The molecule has 2 saturated carbocycles. The maximum Gasteiger partial charge on any atom is 0.230 e. The van der Waals surface area contributed by atoms with E-state index in [1.165, 1.54) is 0 Å². The van der Waals surface area contributed by atoms with Gasteiger partial charge in [0.1, 0.15) is 5.75 Å². The van der Waals surface area contributed by atoms with Crippen LogP contribution in [-0.4, -0.2) is 30.8 Å². The summed E-state index contributed by atoms with van der Waals surface area (Å²) in [5.41, 5.74) is 0.622. The fourth-order valence-electron chi connectivity index (χ4n) is 4.19. The smallest absolute Gasteiger partial charge is 0.230 e. The van der Waals surface area contributed by atoms with Crippen LogP contribution in [0.3, 0.4) is 0 Å². The molecule has 2 N–H and O–H groups in total. The summed E-state index contributed by atoms with van der Waals surface area (Å²) in [6.07, 6.45) is 6.61. The molecule has 4 heteroatoms. The Morgan fingerprint density at radius 2 is 2.09 bits per heavy atom.